The van der Waals surface area contributed by atoms with Crippen LogP contribution in [0.3, 0.4) is 0 Å². The van der Waals surface area contributed by atoms with Crippen LogP contribution in [0.15, 0.2) is 24.3 Å². The lowest BCUT2D eigenvalue weighted by molar-refractivity contribution is -0.117. The van der Waals surface area contributed by atoms with E-state index in [4.69, 9.17) is 0 Å². The Morgan fingerprint density at radius 1 is 1.04 bits per heavy atom. The van der Waals surface area contributed by atoms with Crippen LogP contribution in [0.2, 0.25) is 0 Å². The molecule has 0 radical (unpaired) electrons. The van der Waals surface area contributed by atoms with Gasteiger partial charge in [-0.1, -0.05) is 0 Å². The minimum absolute atomic E-state index is 0.0535. The first-order valence-electron chi connectivity index (χ1n) is 10.8. The topological polar surface area (TPSA) is 73.5 Å². The van der Waals surface area contributed by atoms with Gasteiger partial charge in [0.2, 0.25) is 5.91 Å². The third-order valence-corrected chi connectivity index (χ3v) is 6.39. The van der Waals surface area contributed by atoms with Crippen molar-refractivity contribution in [3.8, 4) is 0 Å². The molecule has 2 amide bonds. The van der Waals surface area contributed by atoms with E-state index in [2.05, 4.69) is 20.9 Å². The number of nitrogens with zero attached hydrogens (tertiary/aromatic N) is 1. The number of nitrogens with one attached hydrogen (secondary N) is 3. The van der Waals surface area contributed by atoms with Gasteiger partial charge in [0.15, 0.2) is 0 Å². The van der Waals surface area contributed by atoms with Crippen molar-refractivity contribution in [1.29, 1.82) is 0 Å². The lowest BCUT2D eigenvalue weighted by Gasteiger charge is -2.28. The largest absolute Gasteiger partial charge is 0.351 e. The summed E-state index contributed by atoms with van der Waals surface area (Å²) in [4.78, 5) is 27.0. The first kappa shape index (κ1) is 19.4. The summed E-state index contributed by atoms with van der Waals surface area (Å²) in [5, 5.41) is 9.59. The number of hydrogen-bond acceptors (Lipinski definition) is 4. The summed E-state index contributed by atoms with van der Waals surface area (Å²) >= 11 is 0. The summed E-state index contributed by atoms with van der Waals surface area (Å²) in [7, 11) is 0. The molecule has 3 saturated heterocycles. The average molecular weight is 385 g/mol. The number of carbonyl (C=O) groups is 2. The van der Waals surface area contributed by atoms with Gasteiger partial charge < -0.3 is 20.9 Å². The summed E-state index contributed by atoms with van der Waals surface area (Å²) in [5.41, 5.74) is 1.39. The van der Waals surface area contributed by atoms with Crippen molar-refractivity contribution >= 4 is 17.5 Å². The van der Waals surface area contributed by atoms with Crippen molar-refractivity contribution in [3.05, 3.63) is 29.8 Å². The highest BCUT2D eigenvalue weighted by molar-refractivity contribution is 5.95. The van der Waals surface area contributed by atoms with Gasteiger partial charge >= 0.3 is 0 Å². The first-order chi connectivity index (χ1) is 13.7. The Morgan fingerprint density at radius 2 is 1.71 bits per heavy atom. The second-order valence-electron chi connectivity index (χ2n) is 8.61. The number of hydrogen-bond donors (Lipinski definition) is 3. The monoisotopic (exact) mass is 384 g/mol. The van der Waals surface area contributed by atoms with E-state index in [1.165, 1.54) is 25.7 Å². The highest BCUT2D eigenvalue weighted by Gasteiger charge is 2.34. The highest BCUT2D eigenvalue weighted by atomic mass is 16.2. The van der Waals surface area contributed by atoms with Gasteiger partial charge in [0, 0.05) is 42.8 Å². The number of rotatable bonds is 7. The minimum atomic E-state index is -0.0535. The Morgan fingerprint density at radius 3 is 2.39 bits per heavy atom. The number of benzene rings is 1. The van der Waals surface area contributed by atoms with E-state index in [-0.39, 0.29) is 11.8 Å². The summed E-state index contributed by atoms with van der Waals surface area (Å²) < 4.78 is 0. The summed E-state index contributed by atoms with van der Waals surface area (Å²) in [5.74, 6) is 0.510. The Labute approximate surface area is 167 Å². The number of likely N-dealkylation sites (tertiary alicyclic amines) is 1. The molecule has 4 rings (SSSR count). The standard InChI is InChI=1S/C22H32N4O2/c27-21(15-16-13-19-7-8-20(14-16)24-19)25-18-5-3-17(4-6-18)22(28)23-9-12-26-10-1-2-11-26/h3-6,16,19-20,24H,1-2,7-15H2,(H,23,28)(H,25,27). The van der Waals surface area contributed by atoms with Gasteiger partial charge in [0.25, 0.3) is 5.91 Å². The zero-order valence-corrected chi connectivity index (χ0v) is 16.6. The van der Waals surface area contributed by atoms with Crippen molar-refractivity contribution in [1.82, 2.24) is 15.5 Å². The van der Waals surface area contributed by atoms with E-state index < -0.39 is 0 Å². The third kappa shape index (κ3) is 5.11. The Kier molecular flexibility index (Phi) is 6.27. The zero-order valence-electron chi connectivity index (χ0n) is 16.6. The van der Waals surface area contributed by atoms with Gasteiger partial charge in [0.05, 0.1) is 0 Å². The molecule has 2 atom stereocenters. The lowest BCUT2D eigenvalue weighted by atomic mass is 9.89. The molecule has 2 bridgehead atoms. The lowest BCUT2D eigenvalue weighted by Crippen LogP contribution is -2.39. The number of amides is 2. The van der Waals surface area contributed by atoms with Crippen LogP contribution in [0.25, 0.3) is 0 Å². The van der Waals surface area contributed by atoms with Gasteiger partial charge in [-0.15, -0.1) is 0 Å². The van der Waals surface area contributed by atoms with Gasteiger partial charge in [-0.3, -0.25) is 9.59 Å². The smallest absolute Gasteiger partial charge is 0.251 e. The number of fused-ring (bicyclic) bond motifs is 2. The molecule has 1 aromatic rings. The molecule has 0 aliphatic carbocycles. The van der Waals surface area contributed by atoms with E-state index >= 15 is 0 Å². The number of piperidine rings is 1. The molecule has 6 heteroatoms. The van der Waals surface area contributed by atoms with E-state index in [1.807, 2.05) is 12.1 Å². The molecule has 3 aliphatic heterocycles. The molecule has 3 heterocycles. The fourth-order valence-electron chi connectivity index (χ4n) is 4.96. The fourth-order valence-corrected chi connectivity index (χ4v) is 4.96. The van der Waals surface area contributed by atoms with Crippen LogP contribution in [0.4, 0.5) is 5.69 Å². The van der Waals surface area contributed by atoms with Crippen molar-refractivity contribution in [2.75, 3.05) is 31.5 Å². The summed E-state index contributed by atoms with van der Waals surface area (Å²) in [6, 6.07) is 8.43. The predicted octanol–water partition coefficient (Wildman–Crippen LogP) is 2.37. The summed E-state index contributed by atoms with van der Waals surface area (Å²) in [6.45, 7) is 3.87. The minimum Gasteiger partial charge on any atom is -0.351 e. The van der Waals surface area contributed by atoms with Gasteiger partial charge in [-0.05, 0) is 81.8 Å². The fraction of sp³-hybridized carbons (Fsp3) is 0.636. The predicted molar refractivity (Wildman–Crippen MR) is 110 cm³/mol. The maximum Gasteiger partial charge on any atom is 0.251 e. The van der Waals surface area contributed by atoms with Gasteiger partial charge in [0.1, 0.15) is 0 Å². The molecule has 0 aromatic heterocycles. The molecule has 152 valence electrons. The number of carbonyl (C=O) groups excluding carboxylic acids is 2. The summed E-state index contributed by atoms with van der Waals surface area (Å²) in [6.07, 6.45) is 7.85. The van der Waals surface area contributed by atoms with Crippen LogP contribution in [-0.4, -0.2) is 55.0 Å². The van der Waals surface area contributed by atoms with Gasteiger partial charge in [-0.2, -0.15) is 0 Å². The van der Waals surface area contributed by atoms with Crippen LogP contribution in [0.1, 0.15) is 55.3 Å². The van der Waals surface area contributed by atoms with Crippen molar-refractivity contribution < 1.29 is 9.59 Å². The van der Waals surface area contributed by atoms with Crippen LogP contribution >= 0.6 is 0 Å². The van der Waals surface area contributed by atoms with E-state index in [0.717, 1.165) is 38.2 Å². The van der Waals surface area contributed by atoms with Crippen LogP contribution in [0.5, 0.6) is 0 Å². The first-order valence-corrected chi connectivity index (χ1v) is 10.8. The molecular formula is C22H32N4O2. The van der Waals surface area contributed by atoms with E-state index in [9.17, 15) is 9.59 Å². The zero-order chi connectivity index (χ0) is 19.3. The molecule has 3 N–H and O–H groups in total. The molecule has 3 aliphatic rings. The maximum absolute atomic E-state index is 12.4. The Bertz CT molecular complexity index is 672. The number of anilines is 1. The molecule has 0 saturated carbocycles. The second kappa shape index (κ2) is 9.05. The third-order valence-electron chi connectivity index (χ3n) is 6.39. The molecule has 3 fully saturated rings. The average Bonchev–Trinajstić information content (AvgIpc) is 3.31. The molecule has 28 heavy (non-hydrogen) atoms. The van der Waals surface area contributed by atoms with Crippen molar-refractivity contribution in [3.63, 3.8) is 0 Å². The van der Waals surface area contributed by atoms with Crippen molar-refractivity contribution in [2.45, 2.75) is 57.0 Å². The SMILES string of the molecule is O=C(CC1CC2CCC(C1)N2)Nc1ccc(C(=O)NCCN2CCCC2)cc1. The molecular weight excluding hydrogens is 352 g/mol. The maximum atomic E-state index is 12.4. The normalized spacial score (nSPS) is 26.9. The molecule has 6 nitrogen and oxygen atoms in total. The van der Waals surface area contributed by atoms with Crippen LogP contribution in [0, 0.1) is 5.92 Å². The molecule has 0 spiro atoms. The Balaban J connectivity index is 1.20. The van der Waals surface area contributed by atoms with Crippen LogP contribution < -0.4 is 16.0 Å². The second-order valence-corrected chi connectivity index (χ2v) is 8.61. The van der Waals surface area contributed by atoms with E-state index in [1.54, 1.807) is 12.1 Å². The molecule has 2 unspecified atom stereocenters. The van der Waals surface area contributed by atoms with Crippen molar-refractivity contribution in [2.24, 2.45) is 5.92 Å². The quantitative estimate of drug-likeness (QED) is 0.675. The van der Waals surface area contributed by atoms with Crippen LogP contribution in [-0.2, 0) is 4.79 Å². The highest BCUT2D eigenvalue weighted by Crippen LogP contribution is 2.32. The Hall–Kier alpha value is -1.92. The van der Waals surface area contributed by atoms with E-state index in [0.29, 0.717) is 36.5 Å². The molecule has 1 aromatic carbocycles. The van der Waals surface area contributed by atoms with Gasteiger partial charge in [-0.25, -0.2) is 0 Å².